The minimum absolute atomic E-state index is 0.00867. The number of nitrogens with zero attached hydrogens (tertiary/aromatic N) is 1. The summed E-state index contributed by atoms with van der Waals surface area (Å²) in [5, 5.41) is 22.6. The maximum absolute atomic E-state index is 10.9. The molecule has 0 amide bonds. The molecular formula is C12H16N2O4. The van der Waals surface area contributed by atoms with Crippen LogP contribution in [-0.4, -0.2) is 22.5 Å². The quantitative estimate of drug-likeness (QED) is 0.620. The molecule has 0 heterocycles. The van der Waals surface area contributed by atoms with Crippen LogP contribution in [0.5, 0.6) is 0 Å². The van der Waals surface area contributed by atoms with E-state index in [0.29, 0.717) is 5.69 Å². The minimum atomic E-state index is -0.932. The van der Waals surface area contributed by atoms with Gasteiger partial charge in [0, 0.05) is 24.4 Å². The Labute approximate surface area is 105 Å². The van der Waals surface area contributed by atoms with Crippen LogP contribution in [0.1, 0.15) is 19.4 Å². The van der Waals surface area contributed by atoms with Crippen molar-refractivity contribution < 1.29 is 14.8 Å². The molecule has 0 bridgehead atoms. The van der Waals surface area contributed by atoms with E-state index in [1.165, 1.54) is 12.1 Å². The van der Waals surface area contributed by atoms with E-state index in [4.69, 9.17) is 5.11 Å². The Kier molecular flexibility index (Phi) is 3.90. The minimum Gasteiger partial charge on any atom is -0.481 e. The summed E-state index contributed by atoms with van der Waals surface area (Å²) >= 11 is 0. The van der Waals surface area contributed by atoms with Crippen molar-refractivity contribution in [1.82, 2.24) is 0 Å². The van der Waals surface area contributed by atoms with Crippen LogP contribution in [0.2, 0.25) is 0 Å². The predicted octanol–water partition coefficient (Wildman–Crippen LogP) is 2.43. The van der Waals surface area contributed by atoms with Crippen LogP contribution >= 0.6 is 0 Å². The number of nitrogens with one attached hydrogen (secondary N) is 1. The molecule has 1 aromatic rings. The van der Waals surface area contributed by atoms with Crippen molar-refractivity contribution in [2.45, 2.75) is 20.8 Å². The summed E-state index contributed by atoms with van der Waals surface area (Å²) < 4.78 is 0. The average Bonchev–Trinajstić information content (AvgIpc) is 2.25. The van der Waals surface area contributed by atoms with Gasteiger partial charge in [-0.3, -0.25) is 14.9 Å². The fraction of sp³-hybridized carbons (Fsp3) is 0.417. The van der Waals surface area contributed by atoms with Gasteiger partial charge in [-0.05, 0) is 32.4 Å². The number of carbonyl (C=O) groups is 1. The highest BCUT2D eigenvalue weighted by Crippen LogP contribution is 2.22. The van der Waals surface area contributed by atoms with Crippen molar-refractivity contribution in [2.75, 3.05) is 11.9 Å². The smallest absolute Gasteiger partial charge is 0.310 e. The van der Waals surface area contributed by atoms with E-state index in [1.807, 2.05) is 0 Å². The fourth-order valence-corrected chi connectivity index (χ4v) is 1.37. The molecule has 1 rings (SSSR count). The van der Waals surface area contributed by atoms with Crippen molar-refractivity contribution in [3.8, 4) is 0 Å². The number of rotatable bonds is 5. The molecule has 98 valence electrons. The van der Waals surface area contributed by atoms with Crippen LogP contribution < -0.4 is 5.32 Å². The van der Waals surface area contributed by atoms with Gasteiger partial charge in [-0.1, -0.05) is 0 Å². The Balaban J connectivity index is 2.86. The van der Waals surface area contributed by atoms with Gasteiger partial charge in [0.2, 0.25) is 0 Å². The highest BCUT2D eigenvalue weighted by atomic mass is 16.6. The lowest BCUT2D eigenvalue weighted by Crippen LogP contribution is -2.31. The van der Waals surface area contributed by atoms with Gasteiger partial charge in [0.1, 0.15) is 0 Å². The highest BCUT2D eigenvalue weighted by molar-refractivity contribution is 5.74. The lowest BCUT2D eigenvalue weighted by atomic mass is 9.94. The molecule has 0 fully saturated rings. The van der Waals surface area contributed by atoms with Crippen LogP contribution in [0.25, 0.3) is 0 Å². The van der Waals surface area contributed by atoms with Crippen LogP contribution in [0, 0.1) is 22.5 Å². The molecule has 0 atom stereocenters. The van der Waals surface area contributed by atoms with E-state index in [9.17, 15) is 14.9 Å². The Morgan fingerprint density at radius 1 is 1.44 bits per heavy atom. The van der Waals surface area contributed by atoms with Crippen molar-refractivity contribution in [3.63, 3.8) is 0 Å². The molecule has 0 spiro atoms. The zero-order chi connectivity index (χ0) is 13.9. The van der Waals surface area contributed by atoms with E-state index in [1.54, 1.807) is 26.8 Å². The van der Waals surface area contributed by atoms with Crippen molar-refractivity contribution in [2.24, 2.45) is 5.41 Å². The summed E-state index contributed by atoms with van der Waals surface area (Å²) in [7, 11) is 0. The van der Waals surface area contributed by atoms with E-state index < -0.39 is 16.3 Å². The second kappa shape index (κ2) is 5.03. The summed E-state index contributed by atoms with van der Waals surface area (Å²) in [4.78, 5) is 21.2. The third-order valence-electron chi connectivity index (χ3n) is 2.59. The monoisotopic (exact) mass is 252 g/mol. The summed E-state index contributed by atoms with van der Waals surface area (Å²) in [5.41, 5.74) is 0.361. The number of non-ortho nitro benzene ring substituents is 1. The van der Waals surface area contributed by atoms with E-state index in [-0.39, 0.29) is 12.2 Å². The number of hydrogen-bond acceptors (Lipinski definition) is 4. The maximum Gasteiger partial charge on any atom is 0.310 e. The molecule has 0 aliphatic heterocycles. The highest BCUT2D eigenvalue weighted by Gasteiger charge is 2.26. The molecule has 0 unspecified atom stereocenters. The standard InChI is InChI=1S/C12H16N2O4/c1-8-4-9(6-10(5-8)14(17)18)13-7-12(2,3)11(15)16/h4-6,13H,7H2,1-3H3,(H,15,16). The maximum atomic E-state index is 10.9. The Morgan fingerprint density at radius 2 is 2.06 bits per heavy atom. The van der Waals surface area contributed by atoms with Crippen LogP contribution in [0.4, 0.5) is 11.4 Å². The number of carboxylic acid groups (broad SMARTS) is 1. The number of aliphatic carboxylic acids is 1. The number of carboxylic acids is 1. The van der Waals surface area contributed by atoms with Crippen LogP contribution in [-0.2, 0) is 4.79 Å². The molecule has 0 saturated heterocycles. The number of benzene rings is 1. The van der Waals surface area contributed by atoms with E-state index in [0.717, 1.165) is 5.56 Å². The molecular weight excluding hydrogens is 236 g/mol. The predicted molar refractivity (Wildman–Crippen MR) is 67.7 cm³/mol. The Hall–Kier alpha value is -2.11. The average molecular weight is 252 g/mol. The number of nitro benzene ring substituents is 1. The van der Waals surface area contributed by atoms with Gasteiger partial charge < -0.3 is 10.4 Å². The van der Waals surface area contributed by atoms with E-state index in [2.05, 4.69) is 5.32 Å². The number of hydrogen-bond donors (Lipinski definition) is 2. The summed E-state index contributed by atoms with van der Waals surface area (Å²) in [6.07, 6.45) is 0. The number of nitro groups is 1. The zero-order valence-electron chi connectivity index (χ0n) is 10.6. The summed E-state index contributed by atoms with van der Waals surface area (Å²) in [6, 6.07) is 4.60. The fourth-order valence-electron chi connectivity index (χ4n) is 1.37. The largest absolute Gasteiger partial charge is 0.481 e. The molecule has 2 N–H and O–H groups in total. The lowest BCUT2D eigenvalue weighted by molar-refractivity contribution is -0.384. The second-order valence-corrected chi connectivity index (χ2v) is 4.86. The summed E-state index contributed by atoms with van der Waals surface area (Å²) in [5.74, 6) is -0.919. The lowest BCUT2D eigenvalue weighted by Gasteiger charge is -2.20. The first kappa shape index (κ1) is 14.0. The first-order valence-corrected chi connectivity index (χ1v) is 5.46. The molecule has 0 aliphatic rings. The number of aryl methyl sites for hydroxylation is 1. The zero-order valence-corrected chi connectivity index (χ0v) is 10.6. The molecule has 1 aromatic carbocycles. The van der Waals surface area contributed by atoms with Crippen LogP contribution in [0.15, 0.2) is 18.2 Å². The van der Waals surface area contributed by atoms with Gasteiger partial charge in [0.15, 0.2) is 0 Å². The molecule has 6 heteroatoms. The van der Waals surface area contributed by atoms with Gasteiger partial charge in [-0.25, -0.2) is 0 Å². The Morgan fingerprint density at radius 3 is 2.56 bits per heavy atom. The van der Waals surface area contributed by atoms with E-state index >= 15 is 0 Å². The molecule has 18 heavy (non-hydrogen) atoms. The molecule has 0 radical (unpaired) electrons. The first-order chi connectivity index (χ1) is 8.22. The third-order valence-corrected chi connectivity index (χ3v) is 2.59. The molecule has 0 aromatic heterocycles. The molecule has 0 saturated carbocycles. The normalized spacial score (nSPS) is 11.1. The van der Waals surface area contributed by atoms with Gasteiger partial charge in [0.25, 0.3) is 5.69 Å². The van der Waals surface area contributed by atoms with Crippen molar-refractivity contribution in [1.29, 1.82) is 0 Å². The van der Waals surface area contributed by atoms with Gasteiger partial charge in [0.05, 0.1) is 10.3 Å². The first-order valence-electron chi connectivity index (χ1n) is 5.46. The number of anilines is 1. The Bertz CT molecular complexity index is 483. The summed E-state index contributed by atoms with van der Waals surface area (Å²) in [6.45, 7) is 5.13. The third kappa shape index (κ3) is 3.44. The topological polar surface area (TPSA) is 92.5 Å². The van der Waals surface area contributed by atoms with Crippen LogP contribution in [0.3, 0.4) is 0 Å². The molecule has 0 aliphatic carbocycles. The van der Waals surface area contributed by atoms with Gasteiger partial charge in [-0.2, -0.15) is 0 Å². The SMILES string of the molecule is Cc1cc(NCC(C)(C)C(=O)O)cc([N+](=O)[O-])c1. The van der Waals surface area contributed by atoms with Gasteiger partial charge >= 0.3 is 5.97 Å². The second-order valence-electron chi connectivity index (χ2n) is 4.86. The van der Waals surface area contributed by atoms with Crippen molar-refractivity contribution >= 4 is 17.3 Å². The molecule has 6 nitrogen and oxygen atoms in total. The van der Waals surface area contributed by atoms with Gasteiger partial charge in [-0.15, -0.1) is 0 Å². The van der Waals surface area contributed by atoms with Crippen molar-refractivity contribution in [3.05, 3.63) is 33.9 Å².